The van der Waals surface area contributed by atoms with Crippen LogP contribution in [0.1, 0.15) is 15.9 Å². The number of aromatic nitrogens is 1. The van der Waals surface area contributed by atoms with Crippen molar-refractivity contribution in [2.24, 2.45) is 0 Å². The van der Waals surface area contributed by atoms with Crippen LogP contribution in [-0.4, -0.2) is 22.8 Å². The summed E-state index contributed by atoms with van der Waals surface area (Å²) in [6, 6.07) is 7.77. The number of aromatic carboxylic acids is 1. The Morgan fingerprint density at radius 1 is 1.35 bits per heavy atom. The van der Waals surface area contributed by atoms with Crippen molar-refractivity contribution >= 4 is 5.97 Å². The maximum Gasteiger partial charge on any atom is 0.341 e. The molecule has 1 aliphatic heterocycles. The molecule has 2 heterocycles. The van der Waals surface area contributed by atoms with Gasteiger partial charge in [0.05, 0.1) is 12.8 Å². The number of pyridine rings is 1. The number of carboxylic acid groups (broad SMARTS) is 1. The van der Waals surface area contributed by atoms with Gasteiger partial charge in [-0.15, -0.1) is 0 Å². The Kier molecular flexibility index (Phi) is 2.82. The van der Waals surface area contributed by atoms with E-state index in [1.54, 1.807) is 4.57 Å². The molecule has 0 spiro atoms. The topological polar surface area (TPSA) is 68.5 Å². The summed E-state index contributed by atoms with van der Waals surface area (Å²) in [7, 11) is 1.39. The lowest BCUT2D eigenvalue weighted by atomic mass is 9.96. The molecule has 3 rings (SSSR count). The first-order chi connectivity index (χ1) is 9.63. The molecule has 1 aromatic heterocycles. The molecular weight excluding hydrogens is 258 g/mol. The van der Waals surface area contributed by atoms with Gasteiger partial charge in [0.15, 0.2) is 5.75 Å². The maximum atomic E-state index is 12.2. The molecule has 5 heteroatoms. The van der Waals surface area contributed by atoms with Gasteiger partial charge in [0.1, 0.15) is 5.56 Å². The van der Waals surface area contributed by atoms with Gasteiger partial charge < -0.3 is 14.4 Å². The molecule has 0 fully saturated rings. The lowest BCUT2D eigenvalue weighted by Crippen LogP contribution is -2.24. The third kappa shape index (κ3) is 1.71. The van der Waals surface area contributed by atoms with Crippen molar-refractivity contribution in [1.29, 1.82) is 0 Å². The van der Waals surface area contributed by atoms with Crippen molar-refractivity contribution in [3.63, 3.8) is 0 Å². The van der Waals surface area contributed by atoms with Crippen molar-refractivity contribution in [3.8, 4) is 17.0 Å². The van der Waals surface area contributed by atoms with Gasteiger partial charge in [-0.1, -0.05) is 24.3 Å². The van der Waals surface area contributed by atoms with E-state index in [0.29, 0.717) is 12.2 Å². The molecule has 20 heavy (non-hydrogen) atoms. The van der Waals surface area contributed by atoms with Crippen molar-refractivity contribution in [1.82, 2.24) is 4.57 Å². The summed E-state index contributed by atoms with van der Waals surface area (Å²) in [5.74, 6) is -1.14. The van der Waals surface area contributed by atoms with Crippen LogP contribution in [0.3, 0.4) is 0 Å². The molecule has 0 radical (unpaired) electrons. The Hall–Kier alpha value is -2.56. The number of aryl methyl sites for hydroxylation is 2. The van der Waals surface area contributed by atoms with Crippen LogP contribution in [0, 0.1) is 0 Å². The Morgan fingerprint density at radius 3 is 2.80 bits per heavy atom. The average molecular weight is 271 g/mol. The van der Waals surface area contributed by atoms with Gasteiger partial charge in [-0.3, -0.25) is 4.79 Å². The highest BCUT2D eigenvalue weighted by molar-refractivity contribution is 5.89. The van der Waals surface area contributed by atoms with Gasteiger partial charge in [0, 0.05) is 18.3 Å². The van der Waals surface area contributed by atoms with Crippen LogP contribution in [0.25, 0.3) is 11.3 Å². The molecule has 0 bridgehead atoms. The second-order valence-electron chi connectivity index (χ2n) is 4.66. The molecule has 0 unspecified atom stereocenters. The summed E-state index contributed by atoms with van der Waals surface area (Å²) in [4.78, 5) is 23.4. The molecule has 1 aliphatic rings. The van der Waals surface area contributed by atoms with Gasteiger partial charge in [-0.05, 0) is 12.0 Å². The van der Waals surface area contributed by atoms with Crippen LogP contribution in [0.5, 0.6) is 5.75 Å². The van der Waals surface area contributed by atoms with Gasteiger partial charge >= 0.3 is 5.97 Å². The van der Waals surface area contributed by atoms with E-state index in [2.05, 4.69) is 0 Å². The fraction of sp³-hybridized carbons (Fsp3) is 0.200. The Balaban J connectivity index is 2.38. The fourth-order valence-corrected chi connectivity index (χ4v) is 2.64. The zero-order valence-corrected chi connectivity index (χ0v) is 10.9. The van der Waals surface area contributed by atoms with E-state index >= 15 is 0 Å². The molecule has 0 saturated heterocycles. The first kappa shape index (κ1) is 12.5. The summed E-state index contributed by atoms with van der Waals surface area (Å²) < 4.78 is 6.98. The van der Waals surface area contributed by atoms with Gasteiger partial charge in [0.25, 0.3) is 0 Å². The Bertz CT molecular complexity index is 761. The van der Waals surface area contributed by atoms with E-state index < -0.39 is 11.4 Å². The molecule has 0 aliphatic carbocycles. The number of hydrogen-bond acceptors (Lipinski definition) is 3. The lowest BCUT2D eigenvalue weighted by molar-refractivity contribution is 0.0694. The fourth-order valence-electron chi connectivity index (χ4n) is 2.64. The molecule has 5 nitrogen and oxygen atoms in total. The molecule has 2 aromatic rings. The third-order valence-corrected chi connectivity index (χ3v) is 3.57. The van der Waals surface area contributed by atoms with Crippen molar-refractivity contribution in [3.05, 3.63) is 51.8 Å². The molecule has 0 saturated carbocycles. The number of hydrogen-bond donors (Lipinski definition) is 1. The van der Waals surface area contributed by atoms with Crippen molar-refractivity contribution < 1.29 is 14.6 Å². The highest BCUT2D eigenvalue weighted by Crippen LogP contribution is 2.34. The zero-order valence-electron chi connectivity index (χ0n) is 10.9. The predicted octanol–water partition coefficient (Wildman–Crippen LogP) is 1.78. The number of fused-ring (bicyclic) bond motifs is 3. The van der Waals surface area contributed by atoms with E-state index in [1.165, 1.54) is 13.3 Å². The van der Waals surface area contributed by atoms with Crippen molar-refractivity contribution in [2.45, 2.75) is 13.0 Å². The van der Waals surface area contributed by atoms with Gasteiger partial charge in [-0.2, -0.15) is 0 Å². The van der Waals surface area contributed by atoms with E-state index in [4.69, 9.17) is 9.84 Å². The molecule has 1 N–H and O–H groups in total. The monoisotopic (exact) mass is 271 g/mol. The standard InChI is InChI=1S/C15H13NO4/c1-20-14-12-10-5-3-2-4-9(10)6-7-16(12)8-11(13(14)17)15(18)19/h2-5,8H,6-7H2,1H3,(H,18,19). The Morgan fingerprint density at radius 2 is 2.10 bits per heavy atom. The summed E-state index contributed by atoms with van der Waals surface area (Å²) in [5.41, 5.74) is 1.87. The normalized spacial score (nSPS) is 12.4. The number of nitrogens with zero attached hydrogens (tertiary/aromatic N) is 1. The molecular formula is C15H13NO4. The molecule has 0 amide bonds. The van der Waals surface area contributed by atoms with Crippen LogP contribution < -0.4 is 10.2 Å². The highest BCUT2D eigenvalue weighted by Gasteiger charge is 2.25. The largest absolute Gasteiger partial charge is 0.491 e. The zero-order chi connectivity index (χ0) is 14.3. The third-order valence-electron chi connectivity index (χ3n) is 3.57. The number of rotatable bonds is 2. The van der Waals surface area contributed by atoms with Crippen LogP contribution in [-0.2, 0) is 13.0 Å². The second kappa shape index (κ2) is 4.52. The number of carboxylic acids is 1. The first-order valence-electron chi connectivity index (χ1n) is 6.26. The van der Waals surface area contributed by atoms with Crippen LogP contribution in [0.15, 0.2) is 35.3 Å². The quantitative estimate of drug-likeness (QED) is 0.904. The van der Waals surface area contributed by atoms with Gasteiger partial charge in [-0.25, -0.2) is 4.79 Å². The summed E-state index contributed by atoms with van der Waals surface area (Å²) in [6.07, 6.45) is 2.20. The smallest absolute Gasteiger partial charge is 0.341 e. The number of benzene rings is 1. The number of methoxy groups -OCH3 is 1. The minimum absolute atomic E-state index is 0.0945. The second-order valence-corrected chi connectivity index (χ2v) is 4.66. The summed E-state index contributed by atoms with van der Waals surface area (Å²) >= 11 is 0. The SMILES string of the molecule is COc1c2n(cc(C(=O)O)c1=O)CCc1ccccc1-2. The van der Waals surface area contributed by atoms with E-state index in [0.717, 1.165) is 17.5 Å². The molecule has 102 valence electrons. The van der Waals surface area contributed by atoms with Crippen LogP contribution in [0.4, 0.5) is 0 Å². The average Bonchev–Trinajstić information content (AvgIpc) is 2.46. The maximum absolute atomic E-state index is 12.2. The molecule has 0 atom stereocenters. The van der Waals surface area contributed by atoms with E-state index in [1.807, 2.05) is 24.3 Å². The van der Waals surface area contributed by atoms with Gasteiger partial charge in [0.2, 0.25) is 5.43 Å². The van der Waals surface area contributed by atoms with Crippen molar-refractivity contribution in [2.75, 3.05) is 7.11 Å². The predicted molar refractivity (Wildman–Crippen MR) is 73.4 cm³/mol. The Labute approximate surface area is 115 Å². The van der Waals surface area contributed by atoms with Crippen LogP contribution >= 0.6 is 0 Å². The lowest BCUT2D eigenvalue weighted by Gasteiger charge is -2.24. The molecule has 1 aromatic carbocycles. The van der Waals surface area contributed by atoms with E-state index in [-0.39, 0.29) is 11.3 Å². The number of carbonyl (C=O) groups is 1. The number of ether oxygens (including phenoxy) is 1. The minimum atomic E-state index is -1.23. The summed E-state index contributed by atoms with van der Waals surface area (Å²) in [5, 5.41) is 9.11. The minimum Gasteiger partial charge on any atom is -0.491 e. The summed E-state index contributed by atoms with van der Waals surface area (Å²) in [6.45, 7) is 0.628. The highest BCUT2D eigenvalue weighted by atomic mass is 16.5. The van der Waals surface area contributed by atoms with Crippen LogP contribution in [0.2, 0.25) is 0 Å². The van der Waals surface area contributed by atoms with E-state index in [9.17, 15) is 9.59 Å². The first-order valence-corrected chi connectivity index (χ1v) is 6.26.